The summed E-state index contributed by atoms with van der Waals surface area (Å²) in [4.78, 5) is 27.4. The van der Waals surface area contributed by atoms with Gasteiger partial charge in [0.05, 0.1) is 0 Å². The third-order valence-corrected chi connectivity index (χ3v) is 3.12. The van der Waals surface area contributed by atoms with E-state index in [1.807, 2.05) is 30.3 Å². The second-order valence-corrected chi connectivity index (χ2v) is 4.60. The molecule has 0 fully saturated rings. The summed E-state index contributed by atoms with van der Waals surface area (Å²) in [5.41, 5.74) is 9.24. The Balaban J connectivity index is 1.94. The maximum absolute atomic E-state index is 12.1. The molecule has 0 aliphatic carbocycles. The first kappa shape index (κ1) is 16.1. The number of hydrogen-bond donors (Lipinski definition) is 0. The van der Waals surface area contributed by atoms with E-state index in [0.29, 0.717) is 5.75 Å². The van der Waals surface area contributed by atoms with Gasteiger partial charge in [0.25, 0.3) is 5.91 Å². The number of likely N-dealkylation sites (N-methyl/N-ethyl adjacent to an activating group) is 1. The van der Waals surface area contributed by atoms with Crippen molar-refractivity contribution >= 4 is 17.5 Å². The Hall–Kier alpha value is -3.31. The lowest BCUT2D eigenvalue weighted by molar-refractivity contribution is -0.120. The maximum Gasteiger partial charge on any atom is 0.264 e. The van der Waals surface area contributed by atoms with E-state index in [2.05, 4.69) is 10.0 Å². The van der Waals surface area contributed by atoms with Gasteiger partial charge in [0.15, 0.2) is 6.61 Å². The lowest BCUT2D eigenvalue weighted by Crippen LogP contribution is -2.31. The van der Waals surface area contributed by atoms with Crippen molar-refractivity contribution in [1.82, 2.24) is 0 Å². The highest BCUT2D eigenvalue weighted by atomic mass is 16.5. The highest BCUT2D eigenvalue weighted by Gasteiger charge is 2.11. The number of benzene rings is 2. The topological polar surface area (TPSA) is 95.4 Å². The molecule has 23 heavy (non-hydrogen) atoms. The summed E-state index contributed by atoms with van der Waals surface area (Å²) in [6, 6.07) is 15.2. The minimum absolute atomic E-state index is 0.130. The SMILES string of the molecule is CN(C(=O)COc1ccc(C(=O)N=[N+]=[N-])cc1)c1ccccc1. The van der Waals surface area contributed by atoms with E-state index in [4.69, 9.17) is 10.3 Å². The summed E-state index contributed by atoms with van der Waals surface area (Å²) in [6.07, 6.45) is 0. The number of hydrogen-bond acceptors (Lipinski definition) is 3. The molecule has 0 N–H and O–H groups in total. The molecule has 116 valence electrons. The van der Waals surface area contributed by atoms with Crippen LogP contribution in [0.4, 0.5) is 5.69 Å². The van der Waals surface area contributed by atoms with Crippen LogP contribution in [0.25, 0.3) is 10.4 Å². The van der Waals surface area contributed by atoms with Crippen LogP contribution < -0.4 is 9.64 Å². The van der Waals surface area contributed by atoms with Gasteiger partial charge in [-0.2, -0.15) is 0 Å². The highest BCUT2D eigenvalue weighted by molar-refractivity contribution is 5.95. The summed E-state index contributed by atoms with van der Waals surface area (Å²) >= 11 is 0. The Kier molecular flexibility index (Phi) is 5.33. The number of ether oxygens (including phenoxy) is 1. The summed E-state index contributed by atoms with van der Waals surface area (Å²) in [5.74, 6) is -0.429. The zero-order valence-corrected chi connectivity index (χ0v) is 12.4. The molecular weight excluding hydrogens is 296 g/mol. The van der Waals surface area contributed by atoms with Gasteiger partial charge in [-0.25, -0.2) is 0 Å². The predicted molar refractivity (Wildman–Crippen MR) is 85.3 cm³/mol. The van der Waals surface area contributed by atoms with Crippen molar-refractivity contribution in [3.05, 3.63) is 70.6 Å². The average Bonchev–Trinajstić information content (AvgIpc) is 2.60. The van der Waals surface area contributed by atoms with Crippen LogP contribution in [0.15, 0.2) is 59.7 Å². The fourth-order valence-electron chi connectivity index (χ4n) is 1.83. The molecule has 0 atom stereocenters. The highest BCUT2D eigenvalue weighted by Crippen LogP contribution is 2.15. The van der Waals surface area contributed by atoms with Gasteiger partial charge in [0.1, 0.15) is 5.75 Å². The predicted octanol–water partition coefficient (Wildman–Crippen LogP) is 3.18. The molecule has 0 aliphatic rings. The van der Waals surface area contributed by atoms with E-state index in [9.17, 15) is 9.59 Å². The molecule has 0 bridgehead atoms. The Morgan fingerprint density at radius 2 is 1.78 bits per heavy atom. The van der Waals surface area contributed by atoms with Crippen LogP contribution in [0.3, 0.4) is 0 Å². The van der Waals surface area contributed by atoms with Crippen LogP contribution in [-0.4, -0.2) is 25.5 Å². The quantitative estimate of drug-likeness (QED) is 0.482. The van der Waals surface area contributed by atoms with Crippen molar-refractivity contribution in [2.45, 2.75) is 0 Å². The molecule has 2 rings (SSSR count). The first-order chi connectivity index (χ1) is 11.1. The monoisotopic (exact) mass is 310 g/mol. The number of para-hydroxylation sites is 1. The first-order valence-electron chi connectivity index (χ1n) is 6.75. The van der Waals surface area contributed by atoms with E-state index in [0.717, 1.165) is 5.69 Å². The largest absolute Gasteiger partial charge is 0.484 e. The first-order valence-corrected chi connectivity index (χ1v) is 6.75. The standard InChI is InChI=1S/C16H14N4O3/c1-20(13-5-3-2-4-6-13)15(21)11-23-14-9-7-12(8-10-14)16(22)18-19-17/h2-10H,11H2,1H3. The molecule has 0 radical (unpaired) electrons. The minimum Gasteiger partial charge on any atom is -0.484 e. The van der Waals surface area contributed by atoms with Gasteiger partial charge in [0.2, 0.25) is 5.91 Å². The minimum atomic E-state index is -0.668. The number of amides is 2. The van der Waals surface area contributed by atoms with Crippen LogP contribution in [-0.2, 0) is 4.79 Å². The number of rotatable bonds is 5. The molecule has 0 aromatic heterocycles. The fraction of sp³-hybridized carbons (Fsp3) is 0.125. The lowest BCUT2D eigenvalue weighted by atomic mass is 10.2. The second-order valence-electron chi connectivity index (χ2n) is 4.60. The normalized spacial score (nSPS) is 9.61. The molecule has 7 nitrogen and oxygen atoms in total. The van der Waals surface area contributed by atoms with Gasteiger partial charge in [-0.1, -0.05) is 18.2 Å². The van der Waals surface area contributed by atoms with Crippen molar-refractivity contribution < 1.29 is 14.3 Å². The smallest absolute Gasteiger partial charge is 0.264 e. The molecule has 0 aliphatic heterocycles. The third kappa shape index (κ3) is 4.33. The van der Waals surface area contributed by atoms with Crippen LogP contribution in [0.2, 0.25) is 0 Å². The van der Waals surface area contributed by atoms with Crippen LogP contribution in [0.1, 0.15) is 10.4 Å². The summed E-state index contributed by atoms with van der Waals surface area (Å²) in [6.45, 7) is -0.130. The zero-order valence-electron chi connectivity index (χ0n) is 12.4. The zero-order chi connectivity index (χ0) is 16.7. The van der Waals surface area contributed by atoms with Gasteiger partial charge in [-0.15, -0.1) is 0 Å². The maximum atomic E-state index is 12.1. The van der Waals surface area contributed by atoms with Crippen molar-refractivity contribution in [3.8, 4) is 5.75 Å². The van der Waals surface area contributed by atoms with Crippen LogP contribution in [0.5, 0.6) is 5.75 Å². The van der Waals surface area contributed by atoms with Gasteiger partial charge >= 0.3 is 0 Å². The molecule has 2 aromatic rings. The molecule has 7 heteroatoms. The molecule has 0 saturated carbocycles. The number of carbonyl (C=O) groups is 2. The Morgan fingerprint density at radius 3 is 2.39 bits per heavy atom. The fourth-order valence-corrected chi connectivity index (χ4v) is 1.83. The molecule has 0 heterocycles. The molecule has 2 amide bonds. The summed E-state index contributed by atoms with van der Waals surface area (Å²) in [7, 11) is 1.67. The van der Waals surface area contributed by atoms with Crippen LogP contribution >= 0.6 is 0 Å². The molecule has 0 unspecified atom stereocenters. The second kappa shape index (κ2) is 7.63. The summed E-state index contributed by atoms with van der Waals surface area (Å²) in [5, 5.41) is 3.00. The molecule has 2 aromatic carbocycles. The van der Waals surface area contributed by atoms with Crippen molar-refractivity contribution in [3.63, 3.8) is 0 Å². The van der Waals surface area contributed by atoms with E-state index in [1.54, 1.807) is 7.05 Å². The Bertz CT molecular complexity index is 738. The van der Waals surface area contributed by atoms with Crippen LogP contribution in [0, 0.1) is 0 Å². The molecular formula is C16H14N4O3. The van der Waals surface area contributed by atoms with E-state index >= 15 is 0 Å². The van der Waals surface area contributed by atoms with E-state index in [-0.39, 0.29) is 18.1 Å². The summed E-state index contributed by atoms with van der Waals surface area (Å²) < 4.78 is 5.40. The Labute approximate surface area is 132 Å². The van der Waals surface area contributed by atoms with Gasteiger partial charge in [-0.3, -0.25) is 9.59 Å². The molecule has 0 saturated heterocycles. The third-order valence-electron chi connectivity index (χ3n) is 3.12. The van der Waals surface area contributed by atoms with Gasteiger partial charge in [-0.05, 0) is 47.0 Å². The Morgan fingerprint density at radius 1 is 1.13 bits per heavy atom. The number of azide groups is 1. The van der Waals surface area contributed by atoms with E-state index in [1.165, 1.54) is 29.2 Å². The average molecular weight is 310 g/mol. The number of nitrogens with zero attached hydrogens (tertiary/aromatic N) is 4. The van der Waals surface area contributed by atoms with Crippen molar-refractivity contribution in [2.75, 3.05) is 18.6 Å². The van der Waals surface area contributed by atoms with Gasteiger partial charge < -0.3 is 9.64 Å². The van der Waals surface area contributed by atoms with Gasteiger partial charge in [0, 0.05) is 23.2 Å². The molecule has 0 spiro atoms. The number of anilines is 1. The van der Waals surface area contributed by atoms with Crippen molar-refractivity contribution in [2.24, 2.45) is 5.11 Å². The van der Waals surface area contributed by atoms with E-state index < -0.39 is 5.91 Å². The lowest BCUT2D eigenvalue weighted by Gasteiger charge is -2.17. The van der Waals surface area contributed by atoms with Crippen molar-refractivity contribution in [1.29, 1.82) is 0 Å². The number of carbonyl (C=O) groups excluding carboxylic acids is 2.